The smallest absolute Gasteiger partial charge is 0.416 e. The highest BCUT2D eigenvalue weighted by Crippen LogP contribution is 2.36. The third-order valence-corrected chi connectivity index (χ3v) is 5.53. The predicted molar refractivity (Wildman–Crippen MR) is 107 cm³/mol. The minimum Gasteiger partial charge on any atom is -0.486 e. The molecule has 1 unspecified atom stereocenters. The summed E-state index contributed by atoms with van der Waals surface area (Å²) in [5, 5.41) is 5.46. The molecule has 3 aromatic rings. The number of nitrogens with zero attached hydrogens (tertiary/aromatic N) is 1. The number of aromatic nitrogens is 1. The summed E-state index contributed by atoms with van der Waals surface area (Å²) in [4.78, 5) is 4.26. The zero-order chi connectivity index (χ0) is 20.3. The van der Waals surface area contributed by atoms with Gasteiger partial charge in [0.05, 0.1) is 5.56 Å². The van der Waals surface area contributed by atoms with Gasteiger partial charge in [0, 0.05) is 23.3 Å². The van der Waals surface area contributed by atoms with Crippen LogP contribution in [0.4, 0.5) is 13.2 Å². The average Bonchev–Trinajstić information content (AvgIpc) is 2.73. The highest BCUT2D eigenvalue weighted by molar-refractivity contribution is 5.85. The van der Waals surface area contributed by atoms with Crippen molar-refractivity contribution in [2.24, 2.45) is 5.92 Å². The van der Waals surface area contributed by atoms with Crippen molar-refractivity contribution in [3.05, 3.63) is 72.1 Å². The number of alkyl halides is 3. The molecule has 0 bridgehead atoms. The molecule has 2 aromatic carbocycles. The van der Waals surface area contributed by atoms with E-state index in [4.69, 9.17) is 4.74 Å². The van der Waals surface area contributed by atoms with E-state index in [1.54, 1.807) is 6.20 Å². The Morgan fingerprint density at radius 3 is 2.52 bits per heavy atom. The predicted octanol–water partition coefficient (Wildman–Crippen LogP) is 5.76. The Labute approximate surface area is 167 Å². The van der Waals surface area contributed by atoms with E-state index in [1.807, 2.05) is 30.5 Å². The van der Waals surface area contributed by atoms with Gasteiger partial charge in [0.2, 0.25) is 0 Å². The first-order valence-electron chi connectivity index (χ1n) is 9.88. The van der Waals surface area contributed by atoms with Crippen LogP contribution in [0.25, 0.3) is 10.8 Å². The Balaban J connectivity index is 1.64. The highest BCUT2D eigenvalue weighted by Gasteiger charge is 2.30. The van der Waals surface area contributed by atoms with Crippen molar-refractivity contribution in [2.75, 3.05) is 13.1 Å². The van der Waals surface area contributed by atoms with Gasteiger partial charge >= 0.3 is 6.18 Å². The second-order valence-electron chi connectivity index (χ2n) is 7.50. The van der Waals surface area contributed by atoms with Crippen LogP contribution in [0, 0.1) is 5.92 Å². The summed E-state index contributed by atoms with van der Waals surface area (Å²) in [6.07, 6.45) is 1.93. The van der Waals surface area contributed by atoms with Crippen LogP contribution in [0.15, 0.2) is 60.9 Å². The molecule has 0 saturated carbocycles. The maximum atomic E-state index is 12.9. The summed E-state index contributed by atoms with van der Waals surface area (Å²) in [6, 6.07) is 13.0. The number of ether oxygens (including phenoxy) is 1. The number of nitrogens with one attached hydrogen (secondary N) is 1. The van der Waals surface area contributed by atoms with Crippen LogP contribution in [0.5, 0.6) is 5.75 Å². The summed E-state index contributed by atoms with van der Waals surface area (Å²) >= 11 is 0. The van der Waals surface area contributed by atoms with Crippen LogP contribution in [0.1, 0.15) is 36.5 Å². The summed E-state index contributed by atoms with van der Waals surface area (Å²) in [5.41, 5.74) is 0.350. The van der Waals surface area contributed by atoms with Gasteiger partial charge in [-0.2, -0.15) is 13.2 Å². The van der Waals surface area contributed by atoms with Crippen LogP contribution in [0.3, 0.4) is 0 Å². The van der Waals surface area contributed by atoms with Gasteiger partial charge in [-0.25, -0.2) is 0 Å². The van der Waals surface area contributed by atoms with E-state index in [9.17, 15) is 13.2 Å². The Hall–Kier alpha value is -2.60. The second kappa shape index (κ2) is 8.41. The maximum Gasteiger partial charge on any atom is 0.416 e. The molecule has 1 fully saturated rings. The van der Waals surface area contributed by atoms with Gasteiger partial charge in [-0.15, -0.1) is 0 Å². The van der Waals surface area contributed by atoms with E-state index in [0.717, 1.165) is 60.8 Å². The van der Waals surface area contributed by atoms with Crippen LogP contribution < -0.4 is 10.1 Å². The molecule has 152 valence electrons. The normalized spacial score (nSPS) is 16.7. The van der Waals surface area contributed by atoms with Gasteiger partial charge in [-0.1, -0.05) is 18.2 Å². The van der Waals surface area contributed by atoms with E-state index in [2.05, 4.69) is 10.3 Å². The first kappa shape index (κ1) is 19.7. The van der Waals surface area contributed by atoms with Crippen LogP contribution in [-0.2, 0) is 6.18 Å². The number of piperidine rings is 1. The van der Waals surface area contributed by atoms with Gasteiger partial charge in [0.15, 0.2) is 0 Å². The molecule has 1 N–H and O–H groups in total. The zero-order valence-electron chi connectivity index (χ0n) is 16.0. The van der Waals surface area contributed by atoms with Gasteiger partial charge in [0.1, 0.15) is 11.9 Å². The van der Waals surface area contributed by atoms with Crippen molar-refractivity contribution in [2.45, 2.75) is 31.5 Å². The largest absolute Gasteiger partial charge is 0.486 e. The lowest BCUT2D eigenvalue weighted by molar-refractivity contribution is -0.137. The number of fused-ring (bicyclic) bond motifs is 1. The molecule has 1 aliphatic heterocycles. The van der Waals surface area contributed by atoms with E-state index in [1.165, 1.54) is 12.1 Å². The Bertz CT molecular complexity index is 945. The fourth-order valence-corrected chi connectivity index (χ4v) is 3.96. The maximum absolute atomic E-state index is 12.9. The molecule has 29 heavy (non-hydrogen) atoms. The number of halogens is 3. The number of hydrogen-bond acceptors (Lipinski definition) is 3. The van der Waals surface area contributed by atoms with Crippen molar-refractivity contribution in [3.63, 3.8) is 0 Å². The van der Waals surface area contributed by atoms with Crippen LogP contribution in [-0.4, -0.2) is 18.1 Å². The minimum absolute atomic E-state index is 0.247. The SMILES string of the molecule is FC(F)(F)c1ccc(OC(CC2CCNCC2)c2cccc3ccncc23)cc1. The number of pyridine rings is 1. The third kappa shape index (κ3) is 4.70. The fraction of sp³-hybridized carbons (Fsp3) is 0.348. The number of rotatable bonds is 5. The molecule has 0 spiro atoms. The summed E-state index contributed by atoms with van der Waals surface area (Å²) in [5.74, 6) is 0.945. The number of benzene rings is 2. The summed E-state index contributed by atoms with van der Waals surface area (Å²) < 4.78 is 44.9. The van der Waals surface area contributed by atoms with E-state index < -0.39 is 11.7 Å². The second-order valence-corrected chi connectivity index (χ2v) is 7.50. The molecule has 4 rings (SSSR count). The van der Waals surface area contributed by atoms with Crippen molar-refractivity contribution in [1.82, 2.24) is 10.3 Å². The van der Waals surface area contributed by atoms with Gasteiger partial charge in [0.25, 0.3) is 0 Å². The topological polar surface area (TPSA) is 34.1 Å². The number of hydrogen-bond donors (Lipinski definition) is 1. The van der Waals surface area contributed by atoms with E-state index in [-0.39, 0.29) is 6.10 Å². The highest BCUT2D eigenvalue weighted by atomic mass is 19.4. The van der Waals surface area contributed by atoms with E-state index in [0.29, 0.717) is 11.7 Å². The lowest BCUT2D eigenvalue weighted by Gasteiger charge is -2.28. The molecule has 1 atom stereocenters. The molecule has 0 radical (unpaired) electrons. The quantitative estimate of drug-likeness (QED) is 0.591. The van der Waals surface area contributed by atoms with Gasteiger partial charge in [-0.3, -0.25) is 4.98 Å². The van der Waals surface area contributed by atoms with Crippen molar-refractivity contribution in [3.8, 4) is 5.75 Å². The van der Waals surface area contributed by atoms with Crippen molar-refractivity contribution < 1.29 is 17.9 Å². The van der Waals surface area contributed by atoms with Gasteiger partial charge in [-0.05, 0) is 74.0 Å². The third-order valence-electron chi connectivity index (χ3n) is 5.53. The fourth-order valence-electron chi connectivity index (χ4n) is 3.96. The molecular weight excluding hydrogens is 377 g/mol. The van der Waals surface area contributed by atoms with Crippen molar-refractivity contribution >= 4 is 10.8 Å². The molecule has 1 aromatic heterocycles. The molecule has 0 amide bonds. The monoisotopic (exact) mass is 400 g/mol. The zero-order valence-corrected chi connectivity index (χ0v) is 16.0. The summed E-state index contributed by atoms with van der Waals surface area (Å²) in [6.45, 7) is 1.96. The standard InChI is InChI=1S/C23H23F3N2O/c24-23(25,26)18-4-6-19(7-5-18)29-22(14-16-8-11-27-12-9-16)20-3-1-2-17-10-13-28-15-21(17)20/h1-7,10,13,15-16,22,27H,8-9,11-12,14H2. The van der Waals surface area contributed by atoms with Crippen molar-refractivity contribution in [1.29, 1.82) is 0 Å². The lowest BCUT2D eigenvalue weighted by Crippen LogP contribution is -2.29. The van der Waals surface area contributed by atoms with Crippen LogP contribution in [0.2, 0.25) is 0 Å². The molecule has 0 aliphatic carbocycles. The minimum atomic E-state index is -4.35. The van der Waals surface area contributed by atoms with E-state index >= 15 is 0 Å². The molecule has 1 saturated heterocycles. The molecule has 6 heteroatoms. The molecule has 1 aliphatic rings. The molecule has 2 heterocycles. The average molecular weight is 400 g/mol. The molecule has 3 nitrogen and oxygen atoms in total. The molecular formula is C23H23F3N2O. The Morgan fingerprint density at radius 2 is 1.79 bits per heavy atom. The Kier molecular flexibility index (Phi) is 5.72. The van der Waals surface area contributed by atoms with Crippen LogP contribution >= 0.6 is 0 Å². The first-order valence-corrected chi connectivity index (χ1v) is 9.88. The first-order chi connectivity index (χ1) is 14.0. The Morgan fingerprint density at radius 1 is 1.03 bits per heavy atom. The van der Waals surface area contributed by atoms with Gasteiger partial charge < -0.3 is 10.1 Å². The summed E-state index contributed by atoms with van der Waals surface area (Å²) in [7, 11) is 0. The lowest BCUT2D eigenvalue weighted by atomic mass is 9.88.